The molecular formula is C32H52N10O12P2Si2. The lowest BCUT2D eigenvalue weighted by molar-refractivity contribution is -0.0663. The number of ether oxygens (including phenoxy) is 2. The van der Waals surface area contributed by atoms with Gasteiger partial charge in [0.2, 0.25) is 0 Å². The van der Waals surface area contributed by atoms with E-state index >= 15 is 0 Å². The van der Waals surface area contributed by atoms with Gasteiger partial charge in [0, 0.05) is 0 Å². The zero-order valence-electron chi connectivity index (χ0n) is 33.9. The fourth-order valence-electron chi connectivity index (χ4n) is 6.49. The Hall–Kier alpha value is -2.81. The Bertz CT molecular complexity index is 2110. The van der Waals surface area contributed by atoms with Crippen LogP contribution in [0.5, 0.6) is 0 Å². The number of rotatable bonds is 6. The molecule has 3 fully saturated rings. The molecule has 0 radical (unpaired) electrons. The molecule has 0 spiro atoms. The van der Waals surface area contributed by atoms with Crippen LogP contribution in [0, 0.1) is 0 Å². The molecule has 26 heteroatoms. The SMILES string of the molecule is CC(C)(C)[Si](C)(C)OC1C2OP(=O)(O)OCC3OC(n4cnc5c(N)ncnc54)C(O[Si](C)(C)C(C)(C)C)C3OP(=O)(O)OCC2OC1n1cnc2c(N)ncnc21. The monoisotopic (exact) mass is 886 g/mol. The molecule has 58 heavy (non-hydrogen) atoms. The molecule has 3 aliphatic heterocycles. The number of fused-ring (bicyclic) bond motifs is 4. The summed E-state index contributed by atoms with van der Waals surface area (Å²) in [5, 5.41) is -0.691. The highest BCUT2D eigenvalue weighted by Gasteiger charge is 2.58. The lowest BCUT2D eigenvalue weighted by Gasteiger charge is -2.41. The van der Waals surface area contributed by atoms with E-state index in [2.05, 4.69) is 29.9 Å². The molecular weight excluding hydrogens is 835 g/mol. The Labute approximate surface area is 336 Å². The first-order valence-corrected chi connectivity index (χ1v) is 27.4. The largest absolute Gasteiger partial charge is 0.472 e. The van der Waals surface area contributed by atoms with Crippen LogP contribution < -0.4 is 11.5 Å². The predicted octanol–water partition coefficient (Wildman–Crippen LogP) is 4.42. The fraction of sp³-hybridized carbons (Fsp3) is 0.688. The van der Waals surface area contributed by atoms with E-state index in [0.717, 1.165) is 0 Å². The quantitative estimate of drug-likeness (QED) is 0.154. The summed E-state index contributed by atoms with van der Waals surface area (Å²) in [7, 11) is -15.5. The molecule has 0 aliphatic carbocycles. The predicted molar refractivity (Wildman–Crippen MR) is 213 cm³/mol. The van der Waals surface area contributed by atoms with Crippen molar-refractivity contribution in [2.45, 2.75) is 127 Å². The third-order valence-corrected chi connectivity index (χ3v) is 22.6. The van der Waals surface area contributed by atoms with Gasteiger partial charge in [-0.3, -0.25) is 27.2 Å². The summed E-state index contributed by atoms with van der Waals surface area (Å²) in [6, 6.07) is 0. The number of phosphoric acid groups is 2. The maximum Gasteiger partial charge on any atom is 0.472 e. The van der Waals surface area contributed by atoms with E-state index < -0.39 is 94.6 Å². The van der Waals surface area contributed by atoms with Gasteiger partial charge in [-0.1, -0.05) is 41.5 Å². The Morgan fingerprint density at radius 3 is 1.38 bits per heavy atom. The van der Waals surface area contributed by atoms with E-state index in [1.165, 1.54) is 34.4 Å². The van der Waals surface area contributed by atoms with Crippen molar-refractivity contribution in [2.24, 2.45) is 0 Å². The van der Waals surface area contributed by atoms with Crippen molar-refractivity contribution >= 4 is 66.2 Å². The van der Waals surface area contributed by atoms with Crippen molar-refractivity contribution in [1.29, 1.82) is 0 Å². The minimum absolute atomic E-state index is 0.116. The van der Waals surface area contributed by atoms with Crippen LogP contribution in [0.1, 0.15) is 54.0 Å². The summed E-state index contributed by atoms with van der Waals surface area (Å²) in [5.74, 6) is 0.233. The van der Waals surface area contributed by atoms with Gasteiger partial charge in [0.1, 0.15) is 60.3 Å². The van der Waals surface area contributed by atoms with Gasteiger partial charge in [-0.15, -0.1) is 0 Å². The standard InChI is InChI=1S/C32H52N10O12P2Si2/c1-31(2,3)57(7,8)53-23-21-17(49-29(23)41-15-39-19-25(33)35-13-37-27(19)41)11-47-56(45,46)52-22-18(12-48-55(43,44)51-21)50-30(24(22)54-58(9,10)32(4,5)6)42-16-40-20-26(34)36-14-38-28(20)42/h13-18,21-24,29-30H,11-12H2,1-10H3,(H,43,44)(H,45,46)(H2,33,35,37)(H2,34,36,38). The molecule has 320 valence electrons. The zero-order valence-corrected chi connectivity index (χ0v) is 37.7. The number of anilines is 2. The van der Waals surface area contributed by atoms with Gasteiger partial charge in [0.05, 0.1) is 25.9 Å². The molecule has 6 N–H and O–H groups in total. The van der Waals surface area contributed by atoms with E-state index in [1.54, 1.807) is 0 Å². The number of aromatic nitrogens is 8. The van der Waals surface area contributed by atoms with E-state index in [1.807, 2.05) is 67.7 Å². The second-order valence-electron chi connectivity index (χ2n) is 17.7. The maximum absolute atomic E-state index is 14.1. The minimum atomic E-state index is -5.03. The average molecular weight is 887 g/mol. The van der Waals surface area contributed by atoms with E-state index in [9.17, 15) is 18.9 Å². The topological polar surface area (TPSA) is 288 Å². The molecule has 7 heterocycles. The molecule has 0 amide bonds. The van der Waals surface area contributed by atoms with Crippen LogP contribution >= 0.6 is 15.6 Å². The third kappa shape index (κ3) is 8.17. The van der Waals surface area contributed by atoms with Gasteiger partial charge in [0.15, 0.2) is 52.0 Å². The number of imidazole rings is 2. The summed E-state index contributed by atoms with van der Waals surface area (Å²) in [4.78, 5) is 48.4. The molecule has 3 saturated heterocycles. The summed E-state index contributed by atoms with van der Waals surface area (Å²) < 4.78 is 81.2. The van der Waals surface area contributed by atoms with Crippen LogP contribution in [0.2, 0.25) is 36.3 Å². The van der Waals surface area contributed by atoms with Gasteiger partial charge in [-0.05, 0) is 36.3 Å². The van der Waals surface area contributed by atoms with Crippen molar-refractivity contribution in [3.05, 3.63) is 25.3 Å². The molecule has 10 unspecified atom stereocenters. The summed E-state index contributed by atoms with van der Waals surface area (Å²) in [6.45, 7) is 18.8. The number of nitrogen functional groups attached to an aromatic ring is 2. The van der Waals surface area contributed by atoms with Crippen molar-refractivity contribution in [3.8, 4) is 0 Å². The highest BCUT2D eigenvalue weighted by Crippen LogP contribution is 2.56. The van der Waals surface area contributed by atoms with E-state index in [0.29, 0.717) is 0 Å². The molecule has 10 atom stereocenters. The fourth-order valence-corrected chi connectivity index (χ4v) is 11.0. The average Bonchev–Trinajstić information content (AvgIpc) is 3.87. The Morgan fingerprint density at radius 1 is 0.672 bits per heavy atom. The lowest BCUT2D eigenvalue weighted by Crippen LogP contribution is -2.50. The van der Waals surface area contributed by atoms with Crippen LogP contribution in [-0.4, -0.2) is 115 Å². The first-order chi connectivity index (χ1) is 26.8. The second kappa shape index (κ2) is 15.0. The zero-order chi connectivity index (χ0) is 42.4. The maximum atomic E-state index is 14.1. The van der Waals surface area contributed by atoms with E-state index in [-0.39, 0.29) is 44.0 Å². The lowest BCUT2D eigenvalue weighted by atomic mass is 10.1. The Morgan fingerprint density at radius 2 is 1.03 bits per heavy atom. The van der Waals surface area contributed by atoms with Gasteiger partial charge < -0.3 is 39.6 Å². The van der Waals surface area contributed by atoms with Crippen LogP contribution in [-0.2, 0) is 45.6 Å². The smallest absolute Gasteiger partial charge is 0.407 e. The first-order valence-electron chi connectivity index (χ1n) is 18.6. The number of hydrogen-bond donors (Lipinski definition) is 4. The summed E-state index contributed by atoms with van der Waals surface area (Å²) in [6.07, 6.45) is -4.50. The third-order valence-electron chi connectivity index (χ3n) is 11.7. The number of nitrogens with zero attached hydrogens (tertiary/aromatic N) is 8. The molecule has 7 rings (SSSR count). The van der Waals surface area contributed by atoms with Crippen molar-refractivity contribution in [2.75, 3.05) is 24.7 Å². The van der Waals surface area contributed by atoms with Gasteiger partial charge in [-0.25, -0.2) is 39.0 Å². The van der Waals surface area contributed by atoms with Crippen LogP contribution in [0.25, 0.3) is 22.3 Å². The Kier molecular flexibility index (Phi) is 11.2. The van der Waals surface area contributed by atoms with Crippen LogP contribution in [0.4, 0.5) is 11.6 Å². The number of phosphoric ester groups is 2. The van der Waals surface area contributed by atoms with Crippen molar-refractivity contribution in [1.82, 2.24) is 39.0 Å². The molecule has 0 saturated carbocycles. The first kappa shape index (κ1) is 43.3. The normalized spacial score (nSPS) is 33.2. The van der Waals surface area contributed by atoms with Crippen LogP contribution in [0.15, 0.2) is 25.3 Å². The minimum Gasteiger partial charge on any atom is -0.407 e. The molecule has 4 aromatic heterocycles. The molecule has 22 nitrogen and oxygen atoms in total. The van der Waals surface area contributed by atoms with Crippen LogP contribution in [0.3, 0.4) is 0 Å². The van der Waals surface area contributed by atoms with Gasteiger partial charge in [-0.2, -0.15) is 0 Å². The second-order valence-corrected chi connectivity index (χ2v) is 30.0. The Balaban J connectivity index is 1.27. The molecule has 4 aromatic rings. The van der Waals surface area contributed by atoms with Gasteiger partial charge in [0.25, 0.3) is 0 Å². The number of nitrogens with two attached hydrogens (primary N) is 2. The highest BCUT2D eigenvalue weighted by atomic mass is 31.2. The highest BCUT2D eigenvalue weighted by molar-refractivity contribution is 7.47. The van der Waals surface area contributed by atoms with Crippen molar-refractivity contribution < 1.29 is 55.3 Å². The number of hydrogen-bond acceptors (Lipinski definition) is 18. The van der Waals surface area contributed by atoms with Gasteiger partial charge >= 0.3 is 15.6 Å². The molecule has 0 bridgehead atoms. The molecule has 0 aromatic carbocycles. The summed E-state index contributed by atoms with van der Waals surface area (Å²) in [5.41, 5.74) is 13.3. The van der Waals surface area contributed by atoms with Crippen molar-refractivity contribution in [3.63, 3.8) is 0 Å². The summed E-state index contributed by atoms with van der Waals surface area (Å²) >= 11 is 0. The van der Waals surface area contributed by atoms with E-state index in [4.69, 9.17) is 47.9 Å². The molecule has 3 aliphatic rings.